The van der Waals surface area contributed by atoms with Gasteiger partial charge in [0.05, 0.1) is 53.7 Å². The van der Waals surface area contributed by atoms with Crippen LogP contribution >= 0.6 is 0 Å². The number of piperidine rings is 1. The number of carbonyl (C=O) groups is 2. The van der Waals surface area contributed by atoms with Crippen LogP contribution in [-0.2, 0) is 6.42 Å². The van der Waals surface area contributed by atoms with E-state index in [2.05, 4.69) is 20.6 Å². The summed E-state index contributed by atoms with van der Waals surface area (Å²) in [7, 11) is 0. The summed E-state index contributed by atoms with van der Waals surface area (Å²) in [6.45, 7) is 3.90. The van der Waals surface area contributed by atoms with Gasteiger partial charge in [-0.2, -0.15) is 0 Å². The Morgan fingerprint density at radius 1 is 1.12 bits per heavy atom. The Bertz CT molecular complexity index is 1550. The molecule has 2 amide bonds. The lowest BCUT2D eigenvalue weighted by molar-refractivity contribution is 0.0633. The fraction of sp³-hybridized carbons (Fsp3) is 0.379. The Hall–Kier alpha value is -4.43. The van der Waals surface area contributed by atoms with E-state index in [1.807, 2.05) is 0 Å². The average molecular weight is 602 g/mol. The highest BCUT2D eigenvalue weighted by Crippen LogP contribution is 2.42. The molecule has 3 heterocycles. The van der Waals surface area contributed by atoms with Crippen molar-refractivity contribution < 1.29 is 42.8 Å². The van der Waals surface area contributed by atoms with Crippen molar-refractivity contribution in [3.05, 3.63) is 64.9 Å². The molecular formula is C29H30F3N5O6. The third-order valence-corrected chi connectivity index (χ3v) is 7.60. The zero-order chi connectivity index (χ0) is 31.0. The lowest BCUT2D eigenvalue weighted by atomic mass is 9.91. The number of aliphatic hydroxyl groups is 2. The molecule has 1 aliphatic heterocycles. The predicted molar refractivity (Wildman–Crippen MR) is 149 cm³/mol. The molecule has 0 bridgehead atoms. The lowest BCUT2D eigenvalue weighted by Crippen LogP contribution is -2.58. The standard InChI is InChI=1S/C29H30F3N5O6/c1-3-43-14-8-17(31)23(18(32)9-14)25-16(30)5-6-19(34-25)28(40)35-20-10-33-24-15(4-7-22(24)38)26(20)37-11-13(2)27(39)21(12-37)36-29(41)42/h5-6,8-10,13,21-22,27,36,38-39H,3-4,7,11-12H2,1-2H3,(H,35,40)(H,41,42)/t13-,21+,22?,27-/m0/s1. The Labute approximate surface area is 244 Å². The fourth-order valence-corrected chi connectivity index (χ4v) is 5.66. The van der Waals surface area contributed by atoms with Crippen molar-refractivity contribution >= 4 is 23.4 Å². The highest BCUT2D eigenvalue weighted by atomic mass is 19.1. The van der Waals surface area contributed by atoms with Crippen LogP contribution < -0.4 is 20.3 Å². The summed E-state index contributed by atoms with van der Waals surface area (Å²) in [5.74, 6) is -4.59. The van der Waals surface area contributed by atoms with E-state index in [0.29, 0.717) is 36.3 Å². The molecule has 3 aromatic rings. The van der Waals surface area contributed by atoms with E-state index in [9.17, 15) is 38.1 Å². The van der Waals surface area contributed by atoms with Gasteiger partial charge in [-0.15, -0.1) is 0 Å². The number of aromatic nitrogens is 2. The van der Waals surface area contributed by atoms with Gasteiger partial charge in [-0.3, -0.25) is 9.78 Å². The maximum absolute atomic E-state index is 14.8. The number of nitrogens with zero attached hydrogens (tertiary/aromatic N) is 3. The number of halogens is 3. The molecule has 2 aliphatic rings. The molecule has 11 nitrogen and oxygen atoms in total. The number of benzene rings is 1. The zero-order valence-corrected chi connectivity index (χ0v) is 23.3. The fourth-order valence-electron chi connectivity index (χ4n) is 5.66. The number of fused-ring (bicyclic) bond motifs is 1. The lowest BCUT2D eigenvalue weighted by Gasteiger charge is -2.42. The number of anilines is 2. The summed E-state index contributed by atoms with van der Waals surface area (Å²) < 4.78 is 49.6. The molecule has 0 radical (unpaired) electrons. The number of aliphatic hydroxyl groups excluding tert-OH is 2. The van der Waals surface area contributed by atoms with Gasteiger partial charge in [-0.05, 0) is 31.9 Å². The minimum atomic E-state index is -1.31. The average Bonchev–Trinajstić information content (AvgIpc) is 3.32. The molecule has 2 aromatic heterocycles. The predicted octanol–water partition coefficient (Wildman–Crippen LogP) is 3.64. The van der Waals surface area contributed by atoms with Crippen molar-refractivity contribution in [2.24, 2.45) is 5.92 Å². The van der Waals surface area contributed by atoms with Crippen molar-refractivity contribution in [3.63, 3.8) is 0 Å². The SMILES string of the molecule is CCOc1cc(F)c(-c2nc(C(=O)Nc3cnc4c(c3N3C[C@H](C)[C@H](O)[C@H](NC(=O)O)C3)CCC4O)ccc2F)c(F)c1. The van der Waals surface area contributed by atoms with Crippen LogP contribution in [0.25, 0.3) is 11.3 Å². The number of amides is 2. The van der Waals surface area contributed by atoms with Gasteiger partial charge < -0.3 is 35.6 Å². The molecule has 228 valence electrons. The molecule has 1 saturated heterocycles. The van der Waals surface area contributed by atoms with Crippen LogP contribution in [0.3, 0.4) is 0 Å². The first-order valence-corrected chi connectivity index (χ1v) is 13.7. The minimum absolute atomic E-state index is 0.0580. The number of ether oxygens (including phenoxy) is 1. The van der Waals surface area contributed by atoms with Crippen LogP contribution in [0.5, 0.6) is 5.75 Å². The summed E-state index contributed by atoms with van der Waals surface area (Å²) in [5.41, 5.74) is -0.0703. The smallest absolute Gasteiger partial charge is 0.405 e. The number of nitrogens with one attached hydrogen (secondary N) is 2. The highest BCUT2D eigenvalue weighted by molar-refractivity contribution is 6.05. The molecule has 43 heavy (non-hydrogen) atoms. The molecule has 1 aromatic carbocycles. The third kappa shape index (κ3) is 5.92. The summed E-state index contributed by atoms with van der Waals surface area (Å²) in [6, 6.07) is 2.89. The van der Waals surface area contributed by atoms with E-state index in [1.54, 1.807) is 18.7 Å². The summed E-state index contributed by atoms with van der Waals surface area (Å²) >= 11 is 0. The second kappa shape index (κ2) is 12.1. The number of rotatable bonds is 7. The van der Waals surface area contributed by atoms with Gasteiger partial charge in [-0.25, -0.2) is 22.9 Å². The first-order valence-electron chi connectivity index (χ1n) is 13.7. The molecular weight excluding hydrogens is 571 g/mol. The van der Waals surface area contributed by atoms with Crippen molar-refractivity contribution in [2.45, 2.75) is 44.9 Å². The minimum Gasteiger partial charge on any atom is -0.494 e. The summed E-state index contributed by atoms with van der Waals surface area (Å²) in [6.07, 6.45) is -0.956. The molecule has 4 atom stereocenters. The first kappa shape index (κ1) is 30.0. The zero-order valence-electron chi connectivity index (χ0n) is 23.3. The number of pyridine rings is 2. The number of hydrogen-bond acceptors (Lipinski definition) is 8. The van der Waals surface area contributed by atoms with Gasteiger partial charge in [-0.1, -0.05) is 6.92 Å². The molecule has 1 aliphatic carbocycles. The van der Waals surface area contributed by atoms with Gasteiger partial charge in [0.15, 0.2) is 0 Å². The number of hydrogen-bond donors (Lipinski definition) is 5. The highest BCUT2D eigenvalue weighted by Gasteiger charge is 2.38. The van der Waals surface area contributed by atoms with E-state index in [-0.39, 0.29) is 36.2 Å². The van der Waals surface area contributed by atoms with Crippen LogP contribution in [0, 0.1) is 23.4 Å². The van der Waals surface area contributed by atoms with Crippen LogP contribution in [0.15, 0.2) is 30.5 Å². The maximum Gasteiger partial charge on any atom is 0.405 e. The van der Waals surface area contributed by atoms with Crippen LogP contribution in [0.1, 0.15) is 48.1 Å². The van der Waals surface area contributed by atoms with E-state index in [0.717, 1.165) is 24.3 Å². The van der Waals surface area contributed by atoms with Gasteiger partial charge in [0.2, 0.25) is 0 Å². The Balaban J connectivity index is 1.50. The monoisotopic (exact) mass is 601 g/mol. The van der Waals surface area contributed by atoms with Gasteiger partial charge in [0.25, 0.3) is 5.91 Å². The number of carbonyl (C=O) groups excluding carboxylic acids is 1. The van der Waals surface area contributed by atoms with E-state index in [1.165, 1.54) is 6.20 Å². The van der Waals surface area contributed by atoms with Crippen molar-refractivity contribution in [1.82, 2.24) is 15.3 Å². The van der Waals surface area contributed by atoms with Crippen molar-refractivity contribution in [1.29, 1.82) is 0 Å². The third-order valence-electron chi connectivity index (χ3n) is 7.60. The maximum atomic E-state index is 14.8. The normalized spacial score (nSPS) is 21.3. The molecule has 1 unspecified atom stereocenters. The van der Waals surface area contributed by atoms with E-state index < -0.39 is 59.0 Å². The molecule has 0 saturated carbocycles. The van der Waals surface area contributed by atoms with Gasteiger partial charge in [0, 0.05) is 36.7 Å². The topological polar surface area (TPSA) is 157 Å². The number of carboxylic acid groups (broad SMARTS) is 1. The Morgan fingerprint density at radius 2 is 1.84 bits per heavy atom. The molecule has 14 heteroatoms. The molecule has 0 spiro atoms. The van der Waals surface area contributed by atoms with E-state index >= 15 is 0 Å². The Kier molecular flexibility index (Phi) is 8.42. The van der Waals surface area contributed by atoms with Gasteiger partial charge >= 0.3 is 6.09 Å². The summed E-state index contributed by atoms with van der Waals surface area (Å²) in [4.78, 5) is 34.9. The second-order valence-electron chi connectivity index (χ2n) is 10.5. The van der Waals surface area contributed by atoms with Crippen LogP contribution in [0.2, 0.25) is 0 Å². The molecule has 5 N–H and O–H groups in total. The largest absolute Gasteiger partial charge is 0.494 e. The quantitative estimate of drug-likeness (QED) is 0.273. The Morgan fingerprint density at radius 3 is 2.51 bits per heavy atom. The van der Waals surface area contributed by atoms with Crippen LogP contribution in [-0.4, -0.2) is 69.1 Å². The van der Waals surface area contributed by atoms with E-state index in [4.69, 9.17) is 4.74 Å². The molecule has 5 rings (SSSR count). The van der Waals surface area contributed by atoms with Gasteiger partial charge in [0.1, 0.15) is 34.6 Å². The second-order valence-corrected chi connectivity index (χ2v) is 10.5. The van der Waals surface area contributed by atoms with Crippen molar-refractivity contribution in [3.8, 4) is 17.0 Å². The summed E-state index contributed by atoms with van der Waals surface area (Å²) in [5, 5.41) is 35.4. The van der Waals surface area contributed by atoms with Crippen LogP contribution in [0.4, 0.5) is 29.3 Å². The van der Waals surface area contributed by atoms with Crippen molar-refractivity contribution in [2.75, 3.05) is 29.9 Å². The molecule has 1 fully saturated rings. The first-order chi connectivity index (χ1) is 20.5.